The molecule has 156 valence electrons. The topological polar surface area (TPSA) is 92.9 Å². The van der Waals surface area contributed by atoms with E-state index in [-0.39, 0.29) is 18.8 Å². The normalized spacial score (nSPS) is 11.7. The molecule has 2 rings (SSSR count). The predicted molar refractivity (Wildman–Crippen MR) is 115 cm³/mol. The molecule has 0 heterocycles. The number of hydrogen-bond donors (Lipinski definition) is 2. The van der Waals surface area contributed by atoms with Gasteiger partial charge in [0.1, 0.15) is 0 Å². The molecule has 6 heteroatoms. The van der Waals surface area contributed by atoms with E-state index in [9.17, 15) is 9.59 Å². The van der Waals surface area contributed by atoms with Crippen LogP contribution >= 0.6 is 0 Å². The first kappa shape index (κ1) is 22.4. The molecule has 0 spiro atoms. The van der Waals surface area contributed by atoms with Crippen LogP contribution in [0.3, 0.4) is 0 Å². The first-order valence-corrected chi connectivity index (χ1v) is 9.82. The average Bonchev–Trinajstić information content (AvgIpc) is 2.70. The summed E-state index contributed by atoms with van der Waals surface area (Å²) < 4.78 is 0. The number of nitrogens with two attached hydrogens (primary N) is 1. The van der Waals surface area contributed by atoms with Crippen molar-refractivity contribution in [2.24, 2.45) is 5.90 Å². The number of carboxylic acid groups (broad SMARTS) is 1. The van der Waals surface area contributed by atoms with Crippen LogP contribution in [0.15, 0.2) is 42.5 Å². The first-order valence-electron chi connectivity index (χ1n) is 9.82. The van der Waals surface area contributed by atoms with Gasteiger partial charge in [0.25, 0.3) is 0 Å². The van der Waals surface area contributed by atoms with E-state index in [0.717, 1.165) is 27.9 Å². The minimum atomic E-state index is -0.814. The van der Waals surface area contributed by atoms with Gasteiger partial charge in [-0.3, -0.25) is 9.59 Å². The van der Waals surface area contributed by atoms with Crippen molar-refractivity contribution < 1.29 is 19.5 Å². The number of anilines is 1. The number of rotatable bonds is 10. The smallest absolute Gasteiger partial charge is 0.324 e. The summed E-state index contributed by atoms with van der Waals surface area (Å²) in [5.74, 6) is 3.75. The summed E-state index contributed by atoms with van der Waals surface area (Å²) in [6.07, 6.45) is 2.04. The molecule has 0 aliphatic heterocycles. The van der Waals surface area contributed by atoms with Gasteiger partial charge in [0.2, 0.25) is 0 Å². The summed E-state index contributed by atoms with van der Waals surface area (Å²) in [7, 11) is 3.97. The third kappa shape index (κ3) is 6.32. The lowest BCUT2D eigenvalue weighted by Crippen LogP contribution is -2.13. The second-order valence-electron chi connectivity index (χ2n) is 7.49. The molecule has 0 aromatic heterocycles. The summed E-state index contributed by atoms with van der Waals surface area (Å²) in [5.41, 5.74) is 5.58. The highest BCUT2D eigenvalue weighted by Crippen LogP contribution is 2.38. The molecule has 0 amide bonds. The van der Waals surface area contributed by atoms with E-state index in [1.807, 2.05) is 31.1 Å². The van der Waals surface area contributed by atoms with Crippen LogP contribution in [-0.2, 0) is 14.4 Å². The Bertz CT molecular complexity index is 849. The SMILES string of the molecule is Cc1ccccc1-c1ccc(N(C)C)cc1C(CCCC(=O)O)CCC(=O)ON. The molecule has 29 heavy (non-hydrogen) atoms. The fourth-order valence-corrected chi connectivity index (χ4v) is 3.59. The lowest BCUT2D eigenvalue weighted by atomic mass is 9.83. The van der Waals surface area contributed by atoms with Crippen LogP contribution in [0.4, 0.5) is 5.69 Å². The van der Waals surface area contributed by atoms with Gasteiger partial charge in [-0.1, -0.05) is 30.3 Å². The zero-order chi connectivity index (χ0) is 21.4. The Morgan fingerprint density at radius 1 is 1.07 bits per heavy atom. The van der Waals surface area contributed by atoms with Gasteiger partial charge in [0.15, 0.2) is 0 Å². The molecule has 1 unspecified atom stereocenters. The second-order valence-corrected chi connectivity index (χ2v) is 7.49. The predicted octanol–water partition coefficient (Wildman–Crippen LogP) is 4.26. The summed E-state index contributed by atoms with van der Waals surface area (Å²) in [6, 6.07) is 14.5. The van der Waals surface area contributed by atoms with Crippen LogP contribution in [0.5, 0.6) is 0 Å². The molecule has 6 nitrogen and oxygen atoms in total. The van der Waals surface area contributed by atoms with Crippen molar-refractivity contribution in [1.29, 1.82) is 0 Å². The van der Waals surface area contributed by atoms with Gasteiger partial charge in [0.05, 0.1) is 0 Å². The summed E-state index contributed by atoms with van der Waals surface area (Å²) in [5, 5.41) is 9.04. The van der Waals surface area contributed by atoms with Gasteiger partial charge in [-0.15, -0.1) is 0 Å². The van der Waals surface area contributed by atoms with Crippen molar-refractivity contribution in [1.82, 2.24) is 0 Å². The van der Waals surface area contributed by atoms with E-state index in [1.165, 1.54) is 0 Å². The molecule has 0 saturated heterocycles. The standard InChI is InChI=1S/C23H30N2O4/c1-16-7-4-5-9-19(16)20-13-12-18(25(2)3)15-21(20)17(8-6-10-22(26)27)11-14-23(28)29-24/h4-5,7,9,12-13,15,17H,6,8,10-11,14,24H2,1-3H3,(H,26,27). The van der Waals surface area contributed by atoms with E-state index in [1.54, 1.807) is 0 Å². The molecule has 2 aromatic carbocycles. The van der Waals surface area contributed by atoms with Crippen molar-refractivity contribution in [3.8, 4) is 11.1 Å². The van der Waals surface area contributed by atoms with E-state index >= 15 is 0 Å². The highest BCUT2D eigenvalue weighted by molar-refractivity contribution is 5.74. The Kier molecular flexibility index (Phi) is 8.21. The largest absolute Gasteiger partial charge is 0.481 e. The first-order chi connectivity index (χ1) is 13.8. The Morgan fingerprint density at radius 3 is 2.41 bits per heavy atom. The molecule has 0 fully saturated rings. The minimum Gasteiger partial charge on any atom is -0.481 e. The number of aliphatic carboxylic acids is 1. The van der Waals surface area contributed by atoms with Gasteiger partial charge < -0.3 is 14.8 Å². The van der Waals surface area contributed by atoms with Gasteiger partial charge in [-0.25, -0.2) is 0 Å². The summed E-state index contributed by atoms with van der Waals surface area (Å²) >= 11 is 0. The number of carbonyl (C=O) groups is 2. The van der Waals surface area contributed by atoms with Crippen molar-refractivity contribution >= 4 is 17.6 Å². The van der Waals surface area contributed by atoms with Gasteiger partial charge >= 0.3 is 11.9 Å². The van der Waals surface area contributed by atoms with Gasteiger partial charge in [-0.2, -0.15) is 5.90 Å². The molecule has 0 aliphatic rings. The molecule has 3 N–H and O–H groups in total. The number of benzene rings is 2. The zero-order valence-electron chi connectivity index (χ0n) is 17.4. The van der Waals surface area contributed by atoms with Crippen molar-refractivity contribution in [2.45, 2.75) is 44.9 Å². The number of nitrogens with zero attached hydrogens (tertiary/aromatic N) is 1. The molecular weight excluding hydrogens is 368 g/mol. The average molecular weight is 399 g/mol. The maximum atomic E-state index is 11.7. The van der Waals surface area contributed by atoms with Crippen molar-refractivity contribution in [3.63, 3.8) is 0 Å². The van der Waals surface area contributed by atoms with Crippen LogP contribution in [0.2, 0.25) is 0 Å². The maximum Gasteiger partial charge on any atom is 0.324 e. The molecule has 0 saturated carbocycles. The number of hydrogen-bond acceptors (Lipinski definition) is 5. The highest BCUT2D eigenvalue weighted by atomic mass is 16.7. The van der Waals surface area contributed by atoms with E-state index in [2.05, 4.69) is 42.1 Å². The number of carbonyl (C=O) groups excluding carboxylic acids is 1. The van der Waals surface area contributed by atoms with Gasteiger partial charge in [-0.05, 0) is 66.5 Å². The molecule has 1 atom stereocenters. The highest BCUT2D eigenvalue weighted by Gasteiger charge is 2.20. The lowest BCUT2D eigenvalue weighted by molar-refractivity contribution is -0.144. The van der Waals surface area contributed by atoms with Crippen molar-refractivity contribution in [3.05, 3.63) is 53.6 Å². The molecular formula is C23H30N2O4. The Labute approximate surface area is 172 Å². The van der Waals surface area contributed by atoms with Crippen LogP contribution in [0, 0.1) is 6.92 Å². The van der Waals surface area contributed by atoms with E-state index in [4.69, 9.17) is 11.0 Å². The molecule has 0 aliphatic carbocycles. The van der Waals surface area contributed by atoms with E-state index < -0.39 is 11.9 Å². The van der Waals surface area contributed by atoms with Gasteiger partial charge in [0, 0.05) is 32.6 Å². The molecule has 0 radical (unpaired) electrons. The monoisotopic (exact) mass is 398 g/mol. The fourth-order valence-electron chi connectivity index (χ4n) is 3.59. The zero-order valence-corrected chi connectivity index (χ0v) is 17.4. The Hall–Kier alpha value is -2.86. The Balaban J connectivity index is 2.48. The summed E-state index contributed by atoms with van der Waals surface area (Å²) in [6.45, 7) is 2.07. The molecule has 2 aromatic rings. The Morgan fingerprint density at radius 2 is 1.79 bits per heavy atom. The fraction of sp³-hybridized carbons (Fsp3) is 0.391. The summed E-state index contributed by atoms with van der Waals surface area (Å²) in [4.78, 5) is 29.0. The number of aryl methyl sites for hydroxylation is 1. The molecule has 0 bridgehead atoms. The van der Waals surface area contributed by atoms with Crippen molar-refractivity contribution in [2.75, 3.05) is 19.0 Å². The van der Waals surface area contributed by atoms with Crippen LogP contribution in [0.1, 0.15) is 49.1 Å². The van der Waals surface area contributed by atoms with E-state index in [0.29, 0.717) is 19.3 Å². The minimum absolute atomic E-state index is 0.0166. The quantitative estimate of drug-likeness (QED) is 0.581. The van der Waals surface area contributed by atoms with Crippen LogP contribution in [-0.4, -0.2) is 31.1 Å². The number of carboxylic acids is 1. The van der Waals surface area contributed by atoms with Crippen LogP contribution in [0.25, 0.3) is 11.1 Å². The maximum absolute atomic E-state index is 11.7. The third-order valence-electron chi connectivity index (χ3n) is 5.20. The van der Waals surface area contributed by atoms with Crippen LogP contribution < -0.4 is 10.8 Å². The lowest BCUT2D eigenvalue weighted by Gasteiger charge is -2.24. The third-order valence-corrected chi connectivity index (χ3v) is 5.20. The second kappa shape index (κ2) is 10.6.